The summed E-state index contributed by atoms with van der Waals surface area (Å²) in [5, 5.41) is 4.53. The summed E-state index contributed by atoms with van der Waals surface area (Å²) in [6.45, 7) is 4.45. The van der Waals surface area contributed by atoms with E-state index in [1.807, 2.05) is 41.4 Å². The molecule has 0 spiro atoms. The highest BCUT2D eigenvalue weighted by molar-refractivity contribution is 5.70. The van der Waals surface area contributed by atoms with E-state index in [-0.39, 0.29) is 0 Å². The van der Waals surface area contributed by atoms with Crippen LogP contribution >= 0.6 is 0 Å². The van der Waals surface area contributed by atoms with E-state index in [4.69, 9.17) is 0 Å². The minimum absolute atomic E-state index is 0.724. The Balaban J connectivity index is 1.96. The molecular formula is C17H15N3. The number of hydrogen-bond donors (Lipinski definition) is 0. The largest absolute Gasteiger partial charge is 0.268 e. The summed E-state index contributed by atoms with van der Waals surface area (Å²) in [5.74, 6) is 0. The quantitative estimate of drug-likeness (QED) is 0.669. The van der Waals surface area contributed by atoms with Crippen LogP contribution in [-0.4, -0.2) is 14.8 Å². The van der Waals surface area contributed by atoms with Gasteiger partial charge in [0.15, 0.2) is 0 Å². The van der Waals surface area contributed by atoms with Crippen LogP contribution in [-0.2, 0) is 6.54 Å². The van der Waals surface area contributed by atoms with Crippen LogP contribution in [0.3, 0.4) is 0 Å². The van der Waals surface area contributed by atoms with Crippen molar-refractivity contribution < 1.29 is 0 Å². The zero-order chi connectivity index (χ0) is 13.8. The van der Waals surface area contributed by atoms with Gasteiger partial charge in [0, 0.05) is 29.7 Å². The van der Waals surface area contributed by atoms with E-state index in [0.29, 0.717) is 0 Å². The molecule has 2 heterocycles. The highest BCUT2D eigenvalue weighted by atomic mass is 15.3. The number of rotatable bonds is 4. The molecule has 0 aliphatic heterocycles. The van der Waals surface area contributed by atoms with E-state index in [2.05, 4.69) is 40.9 Å². The van der Waals surface area contributed by atoms with Crippen LogP contribution in [0.1, 0.15) is 0 Å². The van der Waals surface area contributed by atoms with Crippen LogP contribution in [0, 0.1) is 0 Å². The maximum atomic E-state index is 4.53. The molecule has 0 fully saturated rings. The molecule has 3 nitrogen and oxygen atoms in total. The van der Waals surface area contributed by atoms with Gasteiger partial charge in [-0.2, -0.15) is 5.10 Å². The predicted octanol–water partition coefficient (Wildman–Crippen LogP) is 3.80. The molecule has 2 aromatic heterocycles. The zero-order valence-electron chi connectivity index (χ0n) is 11.1. The summed E-state index contributed by atoms with van der Waals surface area (Å²) in [7, 11) is 0. The molecule has 0 saturated heterocycles. The molecule has 0 atom stereocenters. The Kier molecular flexibility index (Phi) is 3.42. The molecule has 3 aromatic rings. The van der Waals surface area contributed by atoms with Crippen molar-refractivity contribution in [2.24, 2.45) is 0 Å². The Bertz CT molecular complexity index is 714. The lowest BCUT2D eigenvalue weighted by molar-refractivity contribution is 0.705. The fraction of sp³-hybridized carbons (Fsp3) is 0.0588. The van der Waals surface area contributed by atoms with E-state index < -0.39 is 0 Å². The maximum absolute atomic E-state index is 4.53. The Hall–Kier alpha value is -2.68. The smallest absolute Gasteiger partial charge is 0.0923 e. The van der Waals surface area contributed by atoms with Gasteiger partial charge in [-0.15, -0.1) is 6.58 Å². The normalized spacial score (nSPS) is 10.4. The van der Waals surface area contributed by atoms with E-state index in [1.54, 1.807) is 6.20 Å². The molecule has 0 saturated carbocycles. The zero-order valence-corrected chi connectivity index (χ0v) is 11.1. The van der Waals surface area contributed by atoms with Crippen molar-refractivity contribution in [1.29, 1.82) is 0 Å². The summed E-state index contributed by atoms with van der Waals surface area (Å²) in [4.78, 5) is 4.16. The van der Waals surface area contributed by atoms with E-state index in [9.17, 15) is 0 Å². The lowest BCUT2D eigenvalue weighted by atomic mass is 10.0. The van der Waals surface area contributed by atoms with E-state index >= 15 is 0 Å². The van der Waals surface area contributed by atoms with Crippen molar-refractivity contribution in [3.05, 3.63) is 73.7 Å². The lowest BCUT2D eigenvalue weighted by Gasteiger charge is -2.03. The third-order valence-corrected chi connectivity index (χ3v) is 3.11. The van der Waals surface area contributed by atoms with Crippen LogP contribution in [0.2, 0.25) is 0 Å². The molecule has 0 unspecified atom stereocenters. The first kappa shape index (κ1) is 12.4. The van der Waals surface area contributed by atoms with Crippen LogP contribution in [0.25, 0.3) is 22.4 Å². The number of nitrogens with zero attached hydrogens (tertiary/aromatic N) is 3. The molecule has 0 radical (unpaired) electrons. The summed E-state index contributed by atoms with van der Waals surface area (Å²) in [5.41, 5.74) is 4.33. The second-order valence-electron chi connectivity index (χ2n) is 4.53. The first-order chi connectivity index (χ1) is 9.86. The third kappa shape index (κ3) is 2.52. The standard InChI is InChI=1S/C17H15N3/c1-2-10-20-11-8-17(19-20)15-6-3-5-14(12-15)16-7-4-9-18-13-16/h2-9,11-13H,1,10H2. The molecule has 0 aliphatic carbocycles. The van der Waals surface area contributed by atoms with Crippen LogP contribution in [0.4, 0.5) is 0 Å². The first-order valence-electron chi connectivity index (χ1n) is 6.52. The van der Waals surface area contributed by atoms with Crippen LogP contribution in [0.5, 0.6) is 0 Å². The fourth-order valence-corrected chi connectivity index (χ4v) is 2.14. The summed E-state index contributed by atoms with van der Waals surface area (Å²) in [6, 6.07) is 14.4. The third-order valence-electron chi connectivity index (χ3n) is 3.11. The molecule has 0 bridgehead atoms. The Morgan fingerprint density at radius 2 is 1.90 bits per heavy atom. The van der Waals surface area contributed by atoms with Gasteiger partial charge in [-0.1, -0.05) is 30.3 Å². The van der Waals surface area contributed by atoms with Gasteiger partial charge in [-0.3, -0.25) is 9.67 Å². The summed E-state index contributed by atoms with van der Waals surface area (Å²) < 4.78 is 1.87. The highest BCUT2D eigenvalue weighted by Crippen LogP contribution is 2.24. The van der Waals surface area contributed by atoms with E-state index in [1.165, 1.54) is 0 Å². The van der Waals surface area contributed by atoms with Gasteiger partial charge in [0.1, 0.15) is 0 Å². The molecule has 98 valence electrons. The molecule has 0 N–H and O–H groups in total. The lowest BCUT2D eigenvalue weighted by Crippen LogP contribution is -1.95. The van der Waals surface area contributed by atoms with Crippen molar-refractivity contribution in [3.8, 4) is 22.4 Å². The Labute approximate surface area is 118 Å². The minimum Gasteiger partial charge on any atom is -0.268 e. The van der Waals surface area contributed by atoms with Gasteiger partial charge in [-0.05, 0) is 23.8 Å². The minimum atomic E-state index is 0.724. The van der Waals surface area contributed by atoms with Gasteiger partial charge < -0.3 is 0 Å². The second-order valence-corrected chi connectivity index (χ2v) is 4.53. The van der Waals surface area contributed by atoms with Gasteiger partial charge >= 0.3 is 0 Å². The number of allylic oxidation sites excluding steroid dienone is 1. The first-order valence-corrected chi connectivity index (χ1v) is 6.52. The van der Waals surface area contributed by atoms with Gasteiger partial charge in [0.2, 0.25) is 0 Å². The van der Waals surface area contributed by atoms with Crippen molar-refractivity contribution in [2.75, 3.05) is 0 Å². The van der Waals surface area contributed by atoms with Crippen molar-refractivity contribution in [3.63, 3.8) is 0 Å². The van der Waals surface area contributed by atoms with Crippen molar-refractivity contribution in [1.82, 2.24) is 14.8 Å². The molecular weight excluding hydrogens is 246 g/mol. The molecule has 0 aliphatic rings. The average molecular weight is 261 g/mol. The SMILES string of the molecule is C=CCn1ccc(-c2cccc(-c3cccnc3)c2)n1. The van der Waals surface area contributed by atoms with E-state index in [0.717, 1.165) is 28.9 Å². The number of benzene rings is 1. The summed E-state index contributed by atoms with van der Waals surface area (Å²) >= 11 is 0. The van der Waals surface area contributed by atoms with Gasteiger partial charge in [0.25, 0.3) is 0 Å². The average Bonchev–Trinajstić information content (AvgIpc) is 2.97. The Morgan fingerprint density at radius 1 is 1.05 bits per heavy atom. The molecule has 3 rings (SSSR count). The number of pyridine rings is 1. The predicted molar refractivity (Wildman–Crippen MR) is 81.1 cm³/mol. The van der Waals surface area contributed by atoms with Gasteiger partial charge in [0.05, 0.1) is 12.2 Å². The Morgan fingerprint density at radius 3 is 2.70 bits per heavy atom. The number of hydrogen-bond acceptors (Lipinski definition) is 2. The second kappa shape index (κ2) is 5.53. The topological polar surface area (TPSA) is 30.7 Å². The van der Waals surface area contributed by atoms with Crippen LogP contribution in [0.15, 0.2) is 73.7 Å². The van der Waals surface area contributed by atoms with Gasteiger partial charge in [-0.25, -0.2) is 0 Å². The van der Waals surface area contributed by atoms with Crippen molar-refractivity contribution in [2.45, 2.75) is 6.54 Å². The molecule has 0 amide bonds. The van der Waals surface area contributed by atoms with Crippen molar-refractivity contribution >= 4 is 0 Å². The monoisotopic (exact) mass is 261 g/mol. The fourth-order valence-electron chi connectivity index (χ4n) is 2.14. The molecule has 3 heteroatoms. The molecule has 1 aromatic carbocycles. The highest BCUT2D eigenvalue weighted by Gasteiger charge is 2.04. The molecule has 20 heavy (non-hydrogen) atoms. The summed E-state index contributed by atoms with van der Waals surface area (Å²) in [6.07, 6.45) is 7.45. The maximum Gasteiger partial charge on any atom is 0.0923 e. The van der Waals surface area contributed by atoms with Crippen LogP contribution < -0.4 is 0 Å². The number of aromatic nitrogens is 3.